The van der Waals surface area contributed by atoms with Gasteiger partial charge in [-0.1, -0.05) is 29.8 Å². The van der Waals surface area contributed by atoms with Gasteiger partial charge in [0.2, 0.25) is 0 Å². The summed E-state index contributed by atoms with van der Waals surface area (Å²) in [5.41, 5.74) is -0.556. The molecule has 0 bridgehead atoms. The summed E-state index contributed by atoms with van der Waals surface area (Å²) < 4.78 is 51.1. The van der Waals surface area contributed by atoms with Crippen molar-refractivity contribution in [1.29, 1.82) is 0 Å². The number of carbonyl (C=O) groups is 1. The monoisotopic (exact) mass is 359 g/mol. The standard InChI is InChI=1S/C12H9ClN2O5S2/c13-9-6-10(14-21(17)18)11(7-12(9)16)15-22(19,20)8-4-2-1-3-5-8/h1-7,15H,(H,17,18)/p-1/b14-10-. The fourth-order valence-electron chi connectivity index (χ4n) is 1.58. The Morgan fingerprint density at radius 3 is 2.41 bits per heavy atom. The molecule has 1 N–H and O–H groups in total. The molecule has 0 aliphatic heterocycles. The maximum Gasteiger partial charge on any atom is 0.261 e. The van der Waals surface area contributed by atoms with E-state index in [1.807, 2.05) is 0 Å². The number of rotatable bonds is 4. The molecule has 7 nitrogen and oxygen atoms in total. The lowest BCUT2D eigenvalue weighted by Crippen LogP contribution is -2.29. The van der Waals surface area contributed by atoms with Gasteiger partial charge in [0.1, 0.15) is 0 Å². The Balaban J connectivity index is 2.40. The smallest absolute Gasteiger partial charge is 0.261 e. The summed E-state index contributed by atoms with van der Waals surface area (Å²) in [7, 11) is -3.99. The molecule has 1 aliphatic carbocycles. The molecule has 0 saturated carbocycles. The van der Waals surface area contributed by atoms with Crippen LogP contribution < -0.4 is 4.72 Å². The molecule has 1 aliphatic rings. The molecule has 116 valence electrons. The zero-order valence-corrected chi connectivity index (χ0v) is 13.1. The number of nitrogens with one attached hydrogen (secondary N) is 1. The van der Waals surface area contributed by atoms with E-state index >= 15 is 0 Å². The molecule has 0 spiro atoms. The van der Waals surface area contributed by atoms with Gasteiger partial charge in [-0.3, -0.25) is 13.7 Å². The van der Waals surface area contributed by atoms with E-state index in [-0.39, 0.29) is 21.3 Å². The third-order valence-electron chi connectivity index (χ3n) is 2.52. The van der Waals surface area contributed by atoms with Crippen molar-refractivity contribution in [2.75, 3.05) is 0 Å². The Kier molecular flexibility index (Phi) is 4.91. The van der Waals surface area contributed by atoms with Gasteiger partial charge >= 0.3 is 0 Å². The van der Waals surface area contributed by atoms with E-state index in [1.165, 1.54) is 24.3 Å². The van der Waals surface area contributed by atoms with Gasteiger partial charge in [0.15, 0.2) is 5.78 Å². The van der Waals surface area contributed by atoms with Gasteiger partial charge < -0.3 is 4.55 Å². The van der Waals surface area contributed by atoms with Gasteiger partial charge in [0.05, 0.1) is 32.6 Å². The molecule has 0 amide bonds. The second-order valence-electron chi connectivity index (χ2n) is 4.03. The number of nitrogens with zero attached hydrogens (tertiary/aromatic N) is 1. The van der Waals surface area contributed by atoms with Crippen LogP contribution in [0.5, 0.6) is 0 Å². The van der Waals surface area contributed by atoms with Crippen molar-refractivity contribution in [2.24, 2.45) is 4.40 Å². The quantitative estimate of drug-likeness (QED) is 0.630. The highest BCUT2D eigenvalue weighted by Gasteiger charge is 2.23. The Bertz CT molecular complexity index is 828. The third-order valence-corrected chi connectivity index (χ3v) is 4.54. The van der Waals surface area contributed by atoms with Crippen LogP contribution in [-0.2, 0) is 26.1 Å². The number of ketones is 1. The number of hydrogen-bond donors (Lipinski definition) is 1. The maximum atomic E-state index is 12.2. The Morgan fingerprint density at radius 1 is 1.18 bits per heavy atom. The van der Waals surface area contributed by atoms with E-state index in [1.54, 1.807) is 6.07 Å². The number of sulfonamides is 1. The topological polar surface area (TPSA) is 116 Å². The summed E-state index contributed by atoms with van der Waals surface area (Å²) in [6.07, 6.45) is 1.84. The minimum absolute atomic E-state index is 0.0494. The van der Waals surface area contributed by atoms with Crippen LogP contribution >= 0.6 is 11.6 Å². The molecule has 1 unspecified atom stereocenters. The van der Waals surface area contributed by atoms with Crippen LogP contribution in [0.3, 0.4) is 0 Å². The van der Waals surface area contributed by atoms with Crippen molar-refractivity contribution in [2.45, 2.75) is 4.90 Å². The highest BCUT2D eigenvalue weighted by Crippen LogP contribution is 2.17. The zero-order chi connectivity index (χ0) is 16.3. The van der Waals surface area contributed by atoms with Gasteiger partial charge in [-0.15, -0.1) is 0 Å². The second-order valence-corrected chi connectivity index (χ2v) is 6.73. The van der Waals surface area contributed by atoms with Crippen molar-refractivity contribution in [3.8, 4) is 0 Å². The number of carbonyl (C=O) groups excluding carboxylic acids is 1. The molecular formula is C12H8ClN2O5S2-. The van der Waals surface area contributed by atoms with Crippen LogP contribution in [0.1, 0.15) is 0 Å². The number of allylic oxidation sites excluding steroid dienone is 3. The largest absolute Gasteiger partial charge is 0.754 e. The number of hydrogen-bond acceptors (Lipinski definition) is 5. The SMILES string of the molecule is O=C1C=C(NS(=O)(=O)c2ccccc2)/C(=N\S(=O)[O-])C=C1Cl. The highest BCUT2D eigenvalue weighted by molar-refractivity contribution is 7.89. The number of halogens is 1. The van der Waals surface area contributed by atoms with Gasteiger partial charge in [0, 0.05) is 6.08 Å². The number of benzene rings is 1. The lowest BCUT2D eigenvalue weighted by molar-refractivity contribution is -0.110. The van der Waals surface area contributed by atoms with E-state index in [0.717, 1.165) is 12.2 Å². The van der Waals surface area contributed by atoms with Crippen LogP contribution in [0, 0.1) is 0 Å². The summed E-state index contributed by atoms with van der Waals surface area (Å²) in [5, 5.41) is -0.271. The maximum absolute atomic E-state index is 12.2. The molecular weight excluding hydrogens is 352 g/mol. The molecule has 0 fully saturated rings. The van der Waals surface area contributed by atoms with Crippen LogP contribution in [0.4, 0.5) is 0 Å². The van der Waals surface area contributed by atoms with E-state index in [0.29, 0.717) is 0 Å². The van der Waals surface area contributed by atoms with E-state index < -0.39 is 27.1 Å². The van der Waals surface area contributed by atoms with Crippen molar-refractivity contribution < 1.29 is 22.0 Å². The molecule has 1 aromatic rings. The summed E-state index contributed by atoms with van der Waals surface area (Å²) in [4.78, 5) is 11.5. The fraction of sp³-hybridized carbons (Fsp3) is 0. The minimum atomic E-state index is -3.99. The molecule has 0 aromatic heterocycles. The average Bonchev–Trinajstić information content (AvgIpc) is 2.44. The van der Waals surface area contributed by atoms with Crippen LogP contribution in [0.2, 0.25) is 0 Å². The highest BCUT2D eigenvalue weighted by atomic mass is 35.5. The van der Waals surface area contributed by atoms with Crippen molar-refractivity contribution in [1.82, 2.24) is 4.72 Å². The summed E-state index contributed by atoms with van der Waals surface area (Å²) in [6.45, 7) is 0. The van der Waals surface area contributed by atoms with Gasteiger partial charge in [-0.2, -0.15) is 4.40 Å². The predicted octanol–water partition coefficient (Wildman–Crippen LogP) is 0.789. The first-order valence-electron chi connectivity index (χ1n) is 5.69. The summed E-state index contributed by atoms with van der Waals surface area (Å²) in [5.74, 6) is -0.664. The first-order chi connectivity index (χ1) is 10.3. The Hall–Kier alpha value is -1.81. The van der Waals surface area contributed by atoms with Gasteiger partial charge in [0.25, 0.3) is 10.0 Å². The lowest BCUT2D eigenvalue weighted by Gasteiger charge is -2.15. The van der Waals surface area contributed by atoms with Crippen LogP contribution in [0.15, 0.2) is 62.5 Å². The second kappa shape index (κ2) is 6.53. The van der Waals surface area contributed by atoms with Crippen molar-refractivity contribution in [3.63, 3.8) is 0 Å². The van der Waals surface area contributed by atoms with Crippen LogP contribution in [-0.4, -0.2) is 28.7 Å². The first-order valence-corrected chi connectivity index (χ1v) is 8.58. The van der Waals surface area contributed by atoms with Crippen molar-refractivity contribution in [3.05, 3.63) is 53.2 Å². The minimum Gasteiger partial charge on any atom is -0.754 e. The summed E-state index contributed by atoms with van der Waals surface area (Å²) >= 11 is 2.77. The molecule has 0 heterocycles. The fourth-order valence-corrected chi connectivity index (χ4v) is 3.14. The van der Waals surface area contributed by atoms with Crippen molar-refractivity contribution >= 4 is 44.4 Å². The summed E-state index contributed by atoms with van der Waals surface area (Å²) in [6, 6.07) is 7.37. The lowest BCUT2D eigenvalue weighted by atomic mass is 10.1. The average molecular weight is 360 g/mol. The Morgan fingerprint density at radius 2 is 1.82 bits per heavy atom. The van der Waals surface area contributed by atoms with E-state index in [4.69, 9.17) is 11.6 Å². The molecule has 0 radical (unpaired) electrons. The molecule has 10 heteroatoms. The molecule has 1 aromatic carbocycles. The van der Waals surface area contributed by atoms with Gasteiger partial charge in [-0.05, 0) is 18.2 Å². The zero-order valence-electron chi connectivity index (χ0n) is 10.7. The van der Waals surface area contributed by atoms with E-state index in [9.17, 15) is 22.0 Å². The van der Waals surface area contributed by atoms with Crippen LogP contribution in [0.25, 0.3) is 0 Å². The predicted molar refractivity (Wildman–Crippen MR) is 80.1 cm³/mol. The van der Waals surface area contributed by atoms with E-state index in [2.05, 4.69) is 9.12 Å². The molecule has 1 atom stereocenters. The third kappa shape index (κ3) is 3.89. The molecule has 2 rings (SSSR count). The molecule has 0 saturated heterocycles. The first kappa shape index (κ1) is 16.6. The normalized spacial score (nSPS) is 18.6. The Labute approximate surface area is 133 Å². The molecule has 22 heavy (non-hydrogen) atoms. The van der Waals surface area contributed by atoms with Gasteiger partial charge in [-0.25, -0.2) is 8.42 Å².